The van der Waals surface area contributed by atoms with Gasteiger partial charge in [-0.2, -0.15) is 0 Å². The van der Waals surface area contributed by atoms with Gasteiger partial charge in [-0.05, 0) is 12.0 Å². The molecule has 0 unspecified atom stereocenters. The third-order valence-electron chi connectivity index (χ3n) is 3.67. The predicted molar refractivity (Wildman–Crippen MR) is 84.7 cm³/mol. The van der Waals surface area contributed by atoms with Gasteiger partial charge in [0.15, 0.2) is 0 Å². The van der Waals surface area contributed by atoms with Crippen molar-refractivity contribution in [3.05, 3.63) is 52.0 Å². The minimum atomic E-state index is -0.0517. The molecule has 2 aromatic rings. The molecule has 0 bridgehead atoms. The number of nitrogens with zero attached hydrogens (tertiary/aromatic N) is 1. The Morgan fingerprint density at radius 1 is 1.29 bits per heavy atom. The lowest BCUT2D eigenvalue weighted by atomic mass is 10.0. The average Bonchev–Trinajstić information content (AvgIpc) is 2.93. The van der Waals surface area contributed by atoms with E-state index in [1.165, 1.54) is 5.56 Å². The lowest BCUT2D eigenvalue weighted by Crippen LogP contribution is -2.48. The molecule has 1 aliphatic rings. The Labute approximate surface area is 128 Å². The van der Waals surface area contributed by atoms with Gasteiger partial charge in [-0.15, -0.1) is 11.3 Å². The predicted octanol–water partition coefficient (Wildman–Crippen LogP) is 1.88. The Kier molecular flexibility index (Phi) is 4.62. The first kappa shape index (κ1) is 14.2. The fourth-order valence-corrected chi connectivity index (χ4v) is 3.02. The Hall–Kier alpha value is -1.72. The van der Waals surface area contributed by atoms with Crippen LogP contribution in [-0.4, -0.2) is 30.5 Å². The highest BCUT2D eigenvalue weighted by molar-refractivity contribution is 7.09. The maximum Gasteiger partial charge on any atom is 0.270 e. The summed E-state index contributed by atoms with van der Waals surface area (Å²) in [6.45, 7) is 2.74. The normalized spacial score (nSPS) is 14.7. The second-order valence-corrected chi connectivity index (χ2v) is 6.29. The highest BCUT2D eigenvalue weighted by atomic mass is 32.1. The lowest BCUT2D eigenvalue weighted by Gasteiger charge is -2.26. The van der Waals surface area contributed by atoms with Gasteiger partial charge < -0.3 is 10.6 Å². The maximum atomic E-state index is 12.0. The zero-order valence-corrected chi connectivity index (χ0v) is 12.7. The van der Waals surface area contributed by atoms with E-state index in [-0.39, 0.29) is 5.91 Å². The SMILES string of the molecule is O=C(NCC1CNC1)c1csc(CCc2ccccc2)n1. The Morgan fingerprint density at radius 3 is 2.81 bits per heavy atom. The summed E-state index contributed by atoms with van der Waals surface area (Å²) in [7, 11) is 0. The van der Waals surface area contributed by atoms with E-state index < -0.39 is 0 Å². The summed E-state index contributed by atoms with van der Waals surface area (Å²) < 4.78 is 0. The quantitative estimate of drug-likeness (QED) is 0.856. The van der Waals surface area contributed by atoms with Crippen molar-refractivity contribution in [3.63, 3.8) is 0 Å². The second-order valence-electron chi connectivity index (χ2n) is 5.35. The highest BCUT2D eigenvalue weighted by Gasteiger charge is 2.18. The van der Waals surface area contributed by atoms with Gasteiger partial charge in [-0.1, -0.05) is 30.3 Å². The number of aromatic nitrogens is 1. The second kappa shape index (κ2) is 6.83. The van der Waals surface area contributed by atoms with E-state index >= 15 is 0 Å². The summed E-state index contributed by atoms with van der Waals surface area (Å²) >= 11 is 1.57. The molecule has 1 aromatic carbocycles. The van der Waals surface area contributed by atoms with Crippen LogP contribution in [0, 0.1) is 5.92 Å². The minimum Gasteiger partial charge on any atom is -0.350 e. The van der Waals surface area contributed by atoms with Crippen molar-refractivity contribution >= 4 is 17.2 Å². The maximum absolute atomic E-state index is 12.0. The van der Waals surface area contributed by atoms with Crippen LogP contribution in [0.4, 0.5) is 0 Å². The Balaban J connectivity index is 1.49. The molecule has 5 heteroatoms. The molecule has 1 saturated heterocycles. The molecule has 1 fully saturated rings. The third-order valence-corrected chi connectivity index (χ3v) is 4.58. The molecule has 21 heavy (non-hydrogen) atoms. The number of hydrogen-bond donors (Lipinski definition) is 2. The number of thiazole rings is 1. The topological polar surface area (TPSA) is 54.0 Å². The van der Waals surface area contributed by atoms with Crippen LogP contribution in [0.15, 0.2) is 35.7 Å². The van der Waals surface area contributed by atoms with Crippen LogP contribution in [0.2, 0.25) is 0 Å². The molecule has 4 nitrogen and oxygen atoms in total. The first-order valence-electron chi connectivity index (χ1n) is 7.28. The van der Waals surface area contributed by atoms with E-state index in [4.69, 9.17) is 0 Å². The van der Waals surface area contributed by atoms with Crippen LogP contribution in [0.25, 0.3) is 0 Å². The van der Waals surface area contributed by atoms with Gasteiger partial charge >= 0.3 is 0 Å². The van der Waals surface area contributed by atoms with Gasteiger partial charge in [-0.25, -0.2) is 4.98 Å². The van der Waals surface area contributed by atoms with Gasteiger partial charge in [0.2, 0.25) is 0 Å². The van der Waals surface area contributed by atoms with Crippen molar-refractivity contribution in [2.24, 2.45) is 5.92 Å². The molecule has 3 rings (SSSR count). The number of benzene rings is 1. The van der Waals surface area contributed by atoms with Gasteiger partial charge in [0, 0.05) is 37.4 Å². The molecule has 0 atom stereocenters. The standard InChI is InChI=1S/C16H19N3OS/c20-16(18-10-13-8-17-9-13)14-11-21-15(19-14)7-6-12-4-2-1-3-5-12/h1-5,11,13,17H,6-10H2,(H,18,20). The molecule has 1 aromatic heterocycles. The molecular formula is C16H19N3OS. The smallest absolute Gasteiger partial charge is 0.270 e. The zero-order chi connectivity index (χ0) is 14.5. The summed E-state index contributed by atoms with van der Waals surface area (Å²) in [5.41, 5.74) is 1.85. The number of hydrogen-bond acceptors (Lipinski definition) is 4. The number of carbonyl (C=O) groups excluding carboxylic acids is 1. The molecule has 2 N–H and O–H groups in total. The number of nitrogens with one attached hydrogen (secondary N) is 2. The number of rotatable bonds is 6. The Morgan fingerprint density at radius 2 is 2.10 bits per heavy atom. The summed E-state index contributed by atoms with van der Waals surface area (Å²) in [6, 6.07) is 10.4. The van der Waals surface area contributed by atoms with Crippen molar-refractivity contribution in [1.29, 1.82) is 0 Å². The highest BCUT2D eigenvalue weighted by Crippen LogP contribution is 2.13. The third kappa shape index (κ3) is 3.89. The molecule has 1 amide bonds. The lowest BCUT2D eigenvalue weighted by molar-refractivity contribution is 0.0937. The molecule has 2 heterocycles. The van der Waals surface area contributed by atoms with Gasteiger partial charge in [0.25, 0.3) is 5.91 Å². The van der Waals surface area contributed by atoms with Crippen LogP contribution in [-0.2, 0) is 12.8 Å². The molecule has 0 aliphatic carbocycles. The fourth-order valence-electron chi connectivity index (χ4n) is 2.25. The van der Waals surface area contributed by atoms with Crippen molar-refractivity contribution in [1.82, 2.24) is 15.6 Å². The first-order chi connectivity index (χ1) is 10.3. The van der Waals surface area contributed by atoms with Crippen molar-refractivity contribution in [2.45, 2.75) is 12.8 Å². The summed E-state index contributed by atoms with van der Waals surface area (Å²) in [5.74, 6) is 0.522. The summed E-state index contributed by atoms with van der Waals surface area (Å²) in [5, 5.41) is 9.03. The van der Waals surface area contributed by atoms with Crippen LogP contribution < -0.4 is 10.6 Å². The van der Waals surface area contributed by atoms with Gasteiger partial charge in [0.1, 0.15) is 5.69 Å². The minimum absolute atomic E-state index is 0.0517. The van der Waals surface area contributed by atoms with E-state index in [9.17, 15) is 4.79 Å². The van der Waals surface area contributed by atoms with E-state index in [1.807, 2.05) is 23.6 Å². The van der Waals surface area contributed by atoms with Gasteiger partial charge in [0.05, 0.1) is 5.01 Å². The number of aryl methyl sites for hydroxylation is 2. The summed E-state index contributed by atoms with van der Waals surface area (Å²) in [6.07, 6.45) is 1.84. The summed E-state index contributed by atoms with van der Waals surface area (Å²) in [4.78, 5) is 16.4. The van der Waals surface area contributed by atoms with Crippen LogP contribution in [0.5, 0.6) is 0 Å². The fraction of sp³-hybridized carbons (Fsp3) is 0.375. The molecule has 1 aliphatic heterocycles. The van der Waals surface area contributed by atoms with E-state index in [2.05, 4.69) is 27.8 Å². The molecule has 110 valence electrons. The molecular weight excluding hydrogens is 282 g/mol. The monoisotopic (exact) mass is 301 g/mol. The largest absolute Gasteiger partial charge is 0.350 e. The van der Waals surface area contributed by atoms with Crippen molar-refractivity contribution in [2.75, 3.05) is 19.6 Å². The van der Waals surface area contributed by atoms with Crippen molar-refractivity contribution in [3.8, 4) is 0 Å². The Bertz CT molecular complexity index is 593. The van der Waals surface area contributed by atoms with Crippen molar-refractivity contribution < 1.29 is 4.79 Å². The van der Waals surface area contributed by atoms with Gasteiger partial charge in [-0.3, -0.25) is 4.79 Å². The van der Waals surface area contributed by atoms with E-state index in [0.29, 0.717) is 11.6 Å². The van der Waals surface area contributed by atoms with Crippen LogP contribution >= 0.6 is 11.3 Å². The zero-order valence-electron chi connectivity index (χ0n) is 11.8. The molecule has 0 saturated carbocycles. The average molecular weight is 301 g/mol. The number of carbonyl (C=O) groups is 1. The van der Waals surface area contributed by atoms with Crippen LogP contribution in [0.1, 0.15) is 21.1 Å². The van der Waals surface area contributed by atoms with E-state index in [0.717, 1.165) is 37.5 Å². The van der Waals surface area contributed by atoms with Crippen LogP contribution in [0.3, 0.4) is 0 Å². The van der Waals surface area contributed by atoms with E-state index in [1.54, 1.807) is 11.3 Å². The molecule has 0 radical (unpaired) electrons. The number of amides is 1. The molecule has 0 spiro atoms. The first-order valence-corrected chi connectivity index (χ1v) is 8.16.